The van der Waals surface area contributed by atoms with E-state index in [1.54, 1.807) is 48.0 Å². The second kappa shape index (κ2) is 7.66. The van der Waals surface area contributed by atoms with Crippen molar-refractivity contribution >= 4 is 33.6 Å². The molecule has 2 fully saturated rings. The van der Waals surface area contributed by atoms with Crippen molar-refractivity contribution in [3.05, 3.63) is 48.1 Å². The van der Waals surface area contributed by atoms with Gasteiger partial charge in [-0.25, -0.2) is 9.59 Å². The molecular formula is C20H22N8O6S. The number of aryl methyl sites for hydroxylation is 2. The Morgan fingerprint density at radius 2 is 1.23 bits per heavy atom. The Bertz CT molecular complexity index is 1300. The molecule has 15 heteroatoms. The van der Waals surface area contributed by atoms with E-state index in [4.69, 9.17) is 8.57 Å². The van der Waals surface area contributed by atoms with E-state index < -0.39 is 34.5 Å². The van der Waals surface area contributed by atoms with Crippen LogP contribution in [0.3, 0.4) is 0 Å². The van der Waals surface area contributed by atoms with Gasteiger partial charge in [0, 0.05) is 50.7 Å². The van der Waals surface area contributed by atoms with Crippen LogP contribution in [0, 0.1) is 0 Å². The molecule has 4 amide bonds. The van der Waals surface area contributed by atoms with E-state index in [-0.39, 0.29) is 13.1 Å². The van der Waals surface area contributed by atoms with Gasteiger partial charge in [0.15, 0.2) is 0 Å². The van der Waals surface area contributed by atoms with E-state index >= 15 is 0 Å². The summed E-state index contributed by atoms with van der Waals surface area (Å²) in [5.41, 5.74) is 2.89. The first-order valence-electron chi connectivity index (χ1n) is 10.9. The first-order chi connectivity index (χ1) is 16.7. The zero-order chi connectivity index (χ0) is 24.5. The lowest BCUT2D eigenvalue weighted by Gasteiger charge is -2.26. The number of urea groups is 2. The number of hydroxylamine groups is 4. The fourth-order valence-electron chi connectivity index (χ4n) is 4.95. The predicted molar refractivity (Wildman–Crippen MR) is 119 cm³/mol. The van der Waals surface area contributed by atoms with Gasteiger partial charge in [0.25, 0.3) is 0 Å². The fraction of sp³-hybridized carbons (Fsp3) is 0.400. The summed E-state index contributed by atoms with van der Waals surface area (Å²) < 4.78 is 39.6. The molecule has 4 aliphatic rings. The predicted octanol–water partition coefficient (Wildman–Crippen LogP) is -0.0318. The summed E-state index contributed by atoms with van der Waals surface area (Å²) in [6.45, 7) is 1.10. The van der Waals surface area contributed by atoms with Crippen LogP contribution in [0.2, 0.25) is 0 Å². The minimum atomic E-state index is -4.84. The molecule has 4 aliphatic heterocycles. The number of hydrogen-bond donors (Lipinski definition) is 0. The molecular weight excluding hydrogens is 480 g/mol. The van der Waals surface area contributed by atoms with E-state index in [9.17, 15) is 18.0 Å². The van der Waals surface area contributed by atoms with Crippen molar-refractivity contribution in [1.29, 1.82) is 0 Å². The number of fused-ring (bicyclic) bond motifs is 4. The van der Waals surface area contributed by atoms with Gasteiger partial charge in [-0.05, 0) is 12.1 Å². The summed E-state index contributed by atoms with van der Waals surface area (Å²) in [7, 11) is -1.33. The van der Waals surface area contributed by atoms with Gasteiger partial charge in [-0.1, -0.05) is 12.2 Å². The highest BCUT2D eigenvalue weighted by Gasteiger charge is 2.49. The number of nitrogens with zero attached hydrogens (tertiary/aromatic N) is 8. The van der Waals surface area contributed by atoms with Crippen molar-refractivity contribution in [1.82, 2.24) is 39.5 Å². The molecule has 0 aliphatic carbocycles. The van der Waals surface area contributed by atoms with Crippen LogP contribution in [-0.4, -0.2) is 98.2 Å². The van der Waals surface area contributed by atoms with Gasteiger partial charge < -0.3 is 9.80 Å². The largest absolute Gasteiger partial charge is 0.442 e. The van der Waals surface area contributed by atoms with Gasteiger partial charge in [0.2, 0.25) is 0 Å². The van der Waals surface area contributed by atoms with Gasteiger partial charge in [-0.15, -0.1) is 8.57 Å². The normalized spacial score (nSPS) is 23.9. The van der Waals surface area contributed by atoms with Crippen LogP contribution < -0.4 is 0 Å². The summed E-state index contributed by atoms with van der Waals surface area (Å²) in [6.07, 6.45) is 6.91. The van der Waals surface area contributed by atoms with E-state index in [0.717, 1.165) is 21.5 Å². The third-order valence-corrected chi connectivity index (χ3v) is 7.31. The minimum Gasteiger partial charge on any atom is -0.317 e. The SMILES string of the molecule is Cn1nccc1C1=CCN2CC1N(OS(=O)(=O)ON1C(=O)N3CC=C(c4ccnn4C)C1C3)C2=O. The van der Waals surface area contributed by atoms with Crippen LogP contribution in [0.1, 0.15) is 11.4 Å². The van der Waals surface area contributed by atoms with Crippen molar-refractivity contribution in [3.63, 3.8) is 0 Å². The van der Waals surface area contributed by atoms with Crippen molar-refractivity contribution < 1.29 is 26.6 Å². The van der Waals surface area contributed by atoms with E-state index in [1.807, 2.05) is 12.2 Å². The monoisotopic (exact) mass is 502 g/mol. The quantitative estimate of drug-likeness (QED) is 0.537. The lowest BCUT2D eigenvalue weighted by molar-refractivity contribution is -0.0702. The summed E-state index contributed by atoms with van der Waals surface area (Å²) in [6, 6.07) is 0.955. The number of hydrogen-bond acceptors (Lipinski definition) is 8. The van der Waals surface area contributed by atoms with Crippen LogP contribution in [0.15, 0.2) is 36.7 Å². The number of amides is 4. The van der Waals surface area contributed by atoms with E-state index in [1.165, 1.54) is 9.80 Å². The van der Waals surface area contributed by atoms with Gasteiger partial charge in [-0.2, -0.15) is 28.7 Å². The zero-order valence-corrected chi connectivity index (χ0v) is 19.7. The average molecular weight is 503 g/mol. The summed E-state index contributed by atoms with van der Waals surface area (Å²) in [4.78, 5) is 28.6. The maximum absolute atomic E-state index is 13.0. The highest BCUT2D eigenvalue weighted by molar-refractivity contribution is 7.81. The van der Waals surface area contributed by atoms with Crippen molar-refractivity contribution in [2.24, 2.45) is 14.1 Å². The Morgan fingerprint density at radius 3 is 1.60 bits per heavy atom. The molecule has 6 rings (SSSR count). The molecule has 0 N–H and O–H groups in total. The third-order valence-electron chi connectivity index (χ3n) is 6.63. The molecule has 2 aromatic rings. The van der Waals surface area contributed by atoms with Gasteiger partial charge in [-0.3, -0.25) is 9.36 Å². The molecule has 0 radical (unpaired) electrons. The maximum atomic E-state index is 13.0. The smallest absolute Gasteiger partial charge is 0.317 e. The topological polar surface area (TPSA) is 135 Å². The van der Waals surface area contributed by atoms with Crippen LogP contribution in [0.25, 0.3) is 11.1 Å². The van der Waals surface area contributed by atoms with Crippen LogP contribution >= 0.6 is 0 Å². The molecule has 2 saturated heterocycles. The first-order valence-corrected chi connectivity index (χ1v) is 12.2. The number of rotatable bonds is 6. The molecule has 6 heterocycles. The van der Waals surface area contributed by atoms with Gasteiger partial charge >= 0.3 is 22.5 Å². The second-order valence-electron chi connectivity index (χ2n) is 8.61. The minimum absolute atomic E-state index is 0.248. The molecule has 4 bridgehead atoms. The first kappa shape index (κ1) is 21.8. The Hall–Kier alpha value is -3.69. The molecule has 184 valence electrons. The van der Waals surface area contributed by atoms with Gasteiger partial charge in [0.1, 0.15) is 12.1 Å². The summed E-state index contributed by atoms with van der Waals surface area (Å²) in [5, 5.41) is 9.87. The molecule has 2 aromatic heterocycles. The number of carbonyl (C=O) groups is 2. The highest BCUT2D eigenvalue weighted by Crippen LogP contribution is 2.36. The number of carbonyl (C=O) groups excluding carboxylic acids is 2. The molecule has 2 unspecified atom stereocenters. The highest BCUT2D eigenvalue weighted by atomic mass is 32.3. The Kier molecular flexibility index (Phi) is 4.77. The molecule has 0 spiro atoms. The van der Waals surface area contributed by atoms with E-state index in [2.05, 4.69) is 10.2 Å². The van der Waals surface area contributed by atoms with Crippen LogP contribution in [0.4, 0.5) is 9.59 Å². The lowest BCUT2D eigenvalue weighted by atomic mass is 10.0. The molecule has 2 atom stereocenters. The fourth-order valence-corrected chi connectivity index (χ4v) is 5.71. The Morgan fingerprint density at radius 1 is 0.800 bits per heavy atom. The standard InChI is InChI=1S/C20H22N8O6S/c1-23-15(3-7-21-23)13-5-9-25-11-17(13)27(19(25)29)33-35(31,32)34-28-18-12-26(20(28)30)10-6-14(18)16-4-8-22-24(16)2/h3-8,17-18H,9-12H2,1-2H3. The molecule has 14 nitrogen and oxygen atoms in total. The zero-order valence-electron chi connectivity index (χ0n) is 18.9. The maximum Gasteiger partial charge on any atom is 0.442 e. The van der Waals surface area contributed by atoms with E-state index in [0.29, 0.717) is 24.2 Å². The Labute approximate surface area is 200 Å². The molecule has 35 heavy (non-hydrogen) atoms. The van der Waals surface area contributed by atoms with Crippen LogP contribution in [-0.2, 0) is 33.1 Å². The van der Waals surface area contributed by atoms with Gasteiger partial charge in [0.05, 0.1) is 24.5 Å². The third kappa shape index (κ3) is 3.42. The van der Waals surface area contributed by atoms with Crippen LogP contribution in [0.5, 0.6) is 0 Å². The molecule has 0 aromatic carbocycles. The van der Waals surface area contributed by atoms with Crippen molar-refractivity contribution in [2.75, 3.05) is 26.2 Å². The van der Waals surface area contributed by atoms with Crippen molar-refractivity contribution in [2.45, 2.75) is 12.1 Å². The molecule has 0 saturated carbocycles. The summed E-state index contributed by atoms with van der Waals surface area (Å²) in [5.74, 6) is 0. The second-order valence-corrected chi connectivity index (χ2v) is 9.73. The Balaban J connectivity index is 1.24. The average Bonchev–Trinajstić information content (AvgIpc) is 3.56. The summed E-state index contributed by atoms with van der Waals surface area (Å²) >= 11 is 0. The number of aromatic nitrogens is 4. The lowest BCUT2D eigenvalue weighted by Crippen LogP contribution is -2.42. The van der Waals surface area contributed by atoms with Crippen molar-refractivity contribution in [3.8, 4) is 0 Å².